The zero-order valence-electron chi connectivity index (χ0n) is 8.61. The molecule has 0 fully saturated rings. The van der Waals surface area contributed by atoms with E-state index in [0.717, 1.165) is 5.56 Å². The van der Waals surface area contributed by atoms with Crippen LogP contribution in [0.5, 0.6) is 0 Å². The van der Waals surface area contributed by atoms with Crippen molar-refractivity contribution in [3.8, 4) is 0 Å². The summed E-state index contributed by atoms with van der Waals surface area (Å²) in [5.41, 5.74) is 1.19. The van der Waals surface area contributed by atoms with E-state index in [9.17, 15) is 10.1 Å². The highest BCUT2D eigenvalue weighted by Crippen LogP contribution is 2.22. The van der Waals surface area contributed by atoms with Gasteiger partial charge in [0.15, 0.2) is 0 Å². The lowest BCUT2D eigenvalue weighted by Gasteiger charge is -2.06. The molecule has 0 atom stereocenters. The molecule has 0 aliphatic heterocycles. The van der Waals surface area contributed by atoms with Crippen molar-refractivity contribution >= 4 is 5.69 Å². The van der Waals surface area contributed by atoms with E-state index in [-0.39, 0.29) is 16.5 Å². The number of hydrogen-bond donors (Lipinski definition) is 0. The van der Waals surface area contributed by atoms with Gasteiger partial charge in [-0.25, -0.2) is 0 Å². The van der Waals surface area contributed by atoms with Gasteiger partial charge in [0.05, 0.1) is 4.92 Å². The van der Waals surface area contributed by atoms with E-state index in [1.165, 1.54) is 12.1 Å². The molecule has 0 saturated carbocycles. The highest BCUT2D eigenvalue weighted by Gasteiger charge is 2.08. The second-order valence-electron chi connectivity index (χ2n) is 3.53. The molecule has 1 aliphatic rings. The predicted octanol–water partition coefficient (Wildman–Crippen LogP) is 3.36. The van der Waals surface area contributed by atoms with E-state index >= 15 is 0 Å². The summed E-state index contributed by atoms with van der Waals surface area (Å²) < 4.78 is 0. The van der Waals surface area contributed by atoms with Gasteiger partial charge in [0.2, 0.25) is 0 Å². The lowest BCUT2D eigenvalue weighted by Crippen LogP contribution is -1.92. The molecule has 1 aromatic rings. The number of nitro groups is 1. The summed E-state index contributed by atoms with van der Waals surface area (Å²) in [5.74, 6) is 0.191. The van der Waals surface area contributed by atoms with Crippen LogP contribution in [0, 0.1) is 10.1 Å². The zero-order chi connectivity index (χ0) is 11.4. The number of hydrogen-bond acceptors (Lipinski definition) is 2. The van der Waals surface area contributed by atoms with Crippen LogP contribution in [0.4, 0.5) is 5.69 Å². The molecule has 0 N–H and O–H groups in total. The first-order valence-electron chi connectivity index (χ1n) is 5.03. The quantitative estimate of drug-likeness (QED) is 0.558. The average Bonchev–Trinajstić information content (AvgIpc) is 2.57. The van der Waals surface area contributed by atoms with E-state index in [2.05, 4.69) is 12.2 Å². The Hall–Kier alpha value is -2.16. The van der Waals surface area contributed by atoms with Crippen LogP contribution < -0.4 is 0 Å². The summed E-state index contributed by atoms with van der Waals surface area (Å²) in [5, 5.41) is 10.5. The normalized spacial score (nSPS) is 15.0. The van der Waals surface area contributed by atoms with Crippen molar-refractivity contribution in [1.29, 1.82) is 0 Å². The third kappa shape index (κ3) is 2.25. The second-order valence-corrected chi connectivity index (χ2v) is 3.53. The number of rotatable bonds is 2. The molecule has 1 aliphatic carbocycles. The Morgan fingerprint density at radius 3 is 2.00 bits per heavy atom. The summed E-state index contributed by atoms with van der Waals surface area (Å²) in [7, 11) is 0. The first-order valence-corrected chi connectivity index (χ1v) is 5.03. The van der Waals surface area contributed by atoms with E-state index in [1.807, 2.05) is 24.3 Å². The third-order valence-electron chi connectivity index (χ3n) is 2.46. The van der Waals surface area contributed by atoms with E-state index in [1.54, 1.807) is 12.1 Å². The summed E-state index contributed by atoms with van der Waals surface area (Å²) in [4.78, 5) is 10.1. The van der Waals surface area contributed by atoms with Crippen LogP contribution in [-0.2, 0) is 0 Å². The Kier molecular flexibility index (Phi) is 2.96. The molecule has 0 amide bonds. The van der Waals surface area contributed by atoms with Crippen LogP contribution in [0.25, 0.3) is 0 Å². The molecule has 3 heteroatoms. The minimum atomic E-state index is -0.385. The van der Waals surface area contributed by atoms with E-state index < -0.39 is 0 Å². The van der Waals surface area contributed by atoms with Crippen LogP contribution in [0.1, 0.15) is 11.5 Å². The van der Waals surface area contributed by atoms with Gasteiger partial charge in [0.25, 0.3) is 5.69 Å². The van der Waals surface area contributed by atoms with Gasteiger partial charge in [0.1, 0.15) is 0 Å². The molecule has 80 valence electrons. The lowest BCUT2D eigenvalue weighted by atomic mass is 9.98. The number of nitro benzene ring substituents is 1. The van der Waals surface area contributed by atoms with Crippen molar-refractivity contribution in [3.05, 3.63) is 76.4 Å². The maximum atomic E-state index is 10.5. The molecule has 1 aromatic carbocycles. The molecule has 3 nitrogen and oxygen atoms in total. The van der Waals surface area contributed by atoms with Crippen LogP contribution in [-0.4, -0.2) is 4.92 Å². The molecule has 0 radical (unpaired) electrons. The highest BCUT2D eigenvalue weighted by molar-refractivity contribution is 5.39. The molecule has 0 unspecified atom stereocenters. The summed E-state index contributed by atoms with van der Waals surface area (Å²) >= 11 is 0. The van der Waals surface area contributed by atoms with Crippen molar-refractivity contribution in [3.63, 3.8) is 0 Å². The first-order chi connectivity index (χ1) is 7.77. The smallest absolute Gasteiger partial charge is 0.258 e. The van der Waals surface area contributed by atoms with Crippen LogP contribution in [0.15, 0.2) is 60.7 Å². The summed E-state index contributed by atoms with van der Waals surface area (Å²) in [6.45, 7) is 0. The Labute approximate surface area is 93.6 Å². The van der Waals surface area contributed by atoms with Crippen LogP contribution in [0.2, 0.25) is 0 Å². The molecular weight excluding hydrogens is 202 g/mol. The summed E-state index contributed by atoms with van der Waals surface area (Å²) in [6, 6.07) is 6.66. The van der Waals surface area contributed by atoms with E-state index in [0.29, 0.717) is 0 Å². The Bertz CT molecular complexity index is 453. The highest BCUT2D eigenvalue weighted by atomic mass is 16.6. The Morgan fingerprint density at radius 2 is 1.50 bits per heavy atom. The van der Waals surface area contributed by atoms with Gasteiger partial charge in [-0.2, -0.15) is 0 Å². The Morgan fingerprint density at radius 1 is 0.938 bits per heavy atom. The molecule has 0 heterocycles. The molecule has 0 saturated heterocycles. The molecule has 0 spiro atoms. The Balaban J connectivity index is 2.25. The third-order valence-corrected chi connectivity index (χ3v) is 2.46. The van der Waals surface area contributed by atoms with Crippen molar-refractivity contribution in [2.24, 2.45) is 0 Å². The molecule has 0 aromatic heterocycles. The van der Waals surface area contributed by atoms with Crippen molar-refractivity contribution in [2.45, 2.75) is 5.92 Å². The van der Waals surface area contributed by atoms with Gasteiger partial charge in [0, 0.05) is 18.1 Å². The number of nitrogens with zero attached hydrogens (tertiary/aromatic N) is 1. The van der Waals surface area contributed by atoms with Gasteiger partial charge in [-0.3, -0.25) is 10.1 Å². The second kappa shape index (κ2) is 4.57. The molecule has 0 bridgehead atoms. The minimum Gasteiger partial charge on any atom is -0.258 e. The fourth-order valence-electron chi connectivity index (χ4n) is 1.60. The van der Waals surface area contributed by atoms with Crippen LogP contribution in [0.3, 0.4) is 0 Å². The topological polar surface area (TPSA) is 43.1 Å². The fourth-order valence-corrected chi connectivity index (χ4v) is 1.60. The standard InChI is InChI=1S/C13H11NO2/c15-14(16)13-9-7-12(8-10-13)11-5-3-1-2-4-6-11/h1-11H. The molecule has 16 heavy (non-hydrogen) atoms. The maximum Gasteiger partial charge on any atom is 0.269 e. The van der Waals surface area contributed by atoms with Crippen LogP contribution >= 0.6 is 0 Å². The van der Waals surface area contributed by atoms with Gasteiger partial charge in [-0.1, -0.05) is 48.6 Å². The monoisotopic (exact) mass is 213 g/mol. The average molecular weight is 213 g/mol. The lowest BCUT2D eigenvalue weighted by molar-refractivity contribution is -0.384. The molecule has 2 rings (SSSR count). The number of allylic oxidation sites excluding steroid dienone is 6. The fraction of sp³-hybridized carbons (Fsp3) is 0.0769. The van der Waals surface area contributed by atoms with E-state index in [4.69, 9.17) is 0 Å². The van der Waals surface area contributed by atoms with Gasteiger partial charge in [-0.15, -0.1) is 0 Å². The maximum absolute atomic E-state index is 10.5. The minimum absolute atomic E-state index is 0.128. The largest absolute Gasteiger partial charge is 0.269 e. The van der Waals surface area contributed by atoms with Crippen molar-refractivity contribution in [1.82, 2.24) is 0 Å². The SMILES string of the molecule is O=[N+]([O-])c1ccc(C2C=CC=CC=C2)cc1. The summed E-state index contributed by atoms with van der Waals surface area (Å²) in [6.07, 6.45) is 12.0. The van der Waals surface area contributed by atoms with Gasteiger partial charge in [-0.05, 0) is 5.56 Å². The number of benzene rings is 1. The number of non-ortho nitro benzene ring substituents is 1. The van der Waals surface area contributed by atoms with Crippen molar-refractivity contribution < 1.29 is 4.92 Å². The zero-order valence-corrected chi connectivity index (χ0v) is 8.61. The van der Waals surface area contributed by atoms with Gasteiger partial charge < -0.3 is 0 Å². The molecular formula is C13H11NO2. The first kappa shape index (κ1) is 10.4. The van der Waals surface area contributed by atoms with Crippen molar-refractivity contribution in [2.75, 3.05) is 0 Å². The van der Waals surface area contributed by atoms with Gasteiger partial charge >= 0.3 is 0 Å². The predicted molar refractivity (Wildman–Crippen MR) is 63.3 cm³/mol.